The summed E-state index contributed by atoms with van der Waals surface area (Å²) in [7, 11) is 0. The number of thiophene rings is 1. The van der Waals surface area contributed by atoms with Gasteiger partial charge < -0.3 is 15.8 Å². The van der Waals surface area contributed by atoms with Gasteiger partial charge >= 0.3 is 5.97 Å². The van der Waals surface area contributed by atoms with Crippen LogP contribution in [0.15, 0.2) is 18.2 Å². The standard InChI is InChI=1S/C18H19N3O6S/c1-8(2)27-18(24)14-10(4)13(15(19)22)17(28-14)20-16(23)11-5-6-12(21(25)26)9(3)7-11/h5-8H,1-4H3,(H2,19,22)(H,20,23). The molecule has 2 rings (SSSR count). The average Bonchev–Trinajstić information content (AvgIpc) is 2.90. The summed E-state index contributed by atoms with van der Waals surface area (Å²) in [6.07, 6.45) is -0.354. The number of primary amides is 1. The third kappa shape index (κ3) is 4.34. The number of ether oxygens (including phenoxy) is 1. The number of benzene rings is 1. The minimum atomic E-state index is -0.799. The maximum Gasteiger partial charge on any atom is 0.348 e. The number of carbonyl (C=O) groups excluding carboxylic acids is 3. The highest BCUT2D eigenvalue weighted by atomic mass is 32.1. The largest absolute Gasteiger partial charge is 0.459 e. The molecule has 28 heavy (non-hydrogen) atoms. The lowest BCUT2D eigenvalue weighted by Gasteiger charge is -2.06. The zero-order valence-electron chi connectivity index (χ0n) is 15.7. The summed E-state index contributed by atoms with van der Waals surface area (Å²) in [5, 5.41) is 13.6. The molecular formula is C18H19N3O6S. The molecule has 0 fully saturated rings. The molecule has 0 aliphatic carbocycles. The van der Waals surface area contributed by atoms with E-state index in [2.05, 4.69) is 5.32 Å². The topological polar surface area (TPSA) is 142 Å². The van der Waals surface area contributed by atoms with E-state index in [1.54, 1.807) is 20.8 Å². The van der Waals surface area contributed by atoms with E-state index in [1.807, 2.05) is 0 Å². The Kier molecular flexibility index (Phi) is 6.14. The lowest BCUT2D eigenvalue weighted by Crippen LogP contribution is -2.18. The van der Waals surface area contributed by atoms with Gasteiger partial charge in [0.2, 0.25) is 0 Å². The number of nitrogens with two attached hydrogens (primary N) is 1. The predicted molar refractivity (Wildman–Crippen MR) is 104 cm³/mol. The molecule has 1 aromatic carbocycles. The molecule has 0 radical (unpaired) electrons. The fraction of sp³-hybridized carbons (Fsp3) is 0.278. The van der Waals surface area contributed by atoms with E-state index in [1.165, 1.54) is 25.1 Å². The van der Waals surface area contributed by atoms with Gasteiger partial charge in [-0.05, 0) is 45.4 Å². The molecule has 0 unspecified atom stereocenters. The van der Waals surface area contributed by atoms with Crippen LogP contribution in [0.2, 0.25) is 0 Å². The summed E-state index contributed by atoms with van der Waals surface area (Å²) in [5.41, 5.74) is 6.12. The van der Waals surface area contributed by atoms with Crippen molar-refractivity contribution >= 4 is 39.8 Å². The first-order chi connectivity index (χ1) is 13.0. The number of nitro groups is 1. The highest BCUT2D eigenvalue weighted by Crippen LogP contribution is 2.34. The molecule has 0 aliphatic heterocycles. The normalized spacial score (nSPS) is 10.6. The van der Waals surface area contributed by atoms with Crippen LogP contribution in [0.4, 0.5) is 10.7 Å². The van der Waals surface area contributed by atoms with Gasteiger partial charge in [-0.1, -0.05) is 0 Å². The van der Waals surface area contributed by atoms with Crippen molar-refractivity contribution in [3.63, 3.8) is 0 Å². The maximum absolute atomic E-state index is 12.5. The van der Waals surface area contributed by atoms with Gasteiger partial charge in [0.15, 0.2) is 0 Å². The lowest BCUT2D eigenvalue weighted by atomic mass is 10.1. The van der Waals surface area contributed by atoms with Gasteiger partial charge in [-0.25, -0.2) is 4.79 Å². The van der Waals surface area contributed by atoms with E-state index in [-0.39, 0.29) is 32.8 Å². The molecule has 0 spiro atoms. The van der Waals surface area contributed by atoms with Crippen molar-refractivity contribution in [1.29, 1.82) is 0 Å². The number of hydrogen-bond donors (Lipinski definition) is 2. The van der Waals surface area contributed by atoms with Crippen LogP contribution in [-0.2, 0) is 4.74 Å². The highest BCUT2D eigenvalue weighted by molar-refractivity contribution is 7.18. The number of rotatable bonds is 6. The number of aryl methyl sites for hydroxylation is 1. The number of carbonyl (C=O) groups is 3. The number of nitrogens with one attached hydrogen (secondary N) is 1. The molecule has 10 heteroatoms. The number of esters is 1. The Labute approximate surface area is 164 Å². The Hall–Kier alpha value is -3.27. The van der Waals surface area contributed by atoms with E-state index in [0.29, 0.717) is 11.1 Å². The van der Waals surface area contributed by atoms with Crippen molar-refractivity contribution in [2.45, 2.75) is 33.8 Å². The second-order valence-electron chi connectivity index (χ2n) is 6.29. The van der Waals surface area contributed by atoms with Crippen LogP contribution in [-0.4, -0.2) is 28.8 Å². The van der Waals surface area contributed by atoms with Gasteiger partial charge in [0.05, 0.1) is 16.6 Å². The van der Waals surface area contributed by atoms with Gasteiger partial charge in [-0.2, -0.15) is 0 Å². The van der Waals surface area contributed by atoms with Crippen LogP contribution >= 0.6 is 11.3 Å². The van der Waals surface area contributed by atoms with Crippen molar-refractivity contribution in [1.82, 2.24) is 0 Å². The number of nitrogens with zero attached hydrogens (tertiary/aromatic N) is 1. The van der Waals surface area contributed by atoms with Gasteiger partial charge in [0.25, 0.3) is 17.5 Å². The molecule has 3 N–H and O–H groups in total. The quantitative estimate of drug-likeness (QED) is 0.429. The molecule has 2 aromatic rings. The maximum atomic E-state index is 12.5. The SMILES string of the molecule is Cc1cc(C(=O)Nc2sc(C(=O)OC(C)C)c(C)c2C(N)=O)ccc1[N+](=O)[O-]. The van der Waals surface area contributed by atoms with Crippen LogP contribution in [0, 0.1) is 24.0 Å². The first-order valence-electron chi connectivity index (χ1n) is 8.23. The van der Waals surface area contributed by atoms with Crippen LogP contribution < -0.4 is 11.1 Å². The van der Waals surface area contributed by atoms with Crippen molar-refractivity contribution in [2.75, 3.05) is 5.32 Å². The Morgan fingerprint density at radius 3 is 2.39 bits per heavy atom. The molecule has 0 atom stereocenters. The first-order valence-corrected chi connectivity index (χ1v) is 9.05. The minimum Gasteiger partial charge on any atom is -0.459 e. The number of nitro benzene ring substituents is 1. The summed E-state index contributed by atoms with van der Waals surface area (Å²) in [5.74, 6) is -2.01. The molecule has 9 nitrogen and oxygen atoms in total. The van der Waals surface area contributed by atoms with Gasteiger partial charge in [0, 0.05) is 17.2 Å². The molecule has 0 saturated carbocycles. The zero-order chi connectivity index (χ0) is 21.2. The second-order valence-corrected chi connectivity index (χ2v) is 7.31. The first kappa shape index (κ1) is 21.0. The molecule has 0 bridgehead atoms. The summed E-state index contributed by atoms with van der Waals surface area (Å²) < 4.78 is 5.15. The van der Waals surface area contributed by atoms with E-state index in [9.17, 15) is 24.5 Å². The van der Waals surface area contributed by atoms with Crippen LogP contribution in [0.25, 0.3) is 0 Å². The van der Waals surface area contributed by atoms with Crippen molar-refractivity contribution in [3.8, 4) is 0 Å². The van der Waals surface area contributed by atoms with Crippen molar-refractivity contribution < 1.29 is 24.0 Å². The van der Waals surface area contributed by atoms with Crippen LogP contribution in [0.3, 0.4) is 0 Å². The van der Waals surface area contributed by atoms with Crippen LogP contribution in [0.5, 0.6) is 0 Å². The molecule has 1 heterocycles. The smallest absolute Gasteiger partial charge is 0.348 e. The Bertz CT molecular complexity index is 980. The van der Waals surface area contributed by atoms with Crippen LogP contribution in [0.1, 0.15) is 55.4 Å². The number of hydrogen-bond acceptors (Lipinski definition) is 7. The lowest BCUT2D eigenvalue weighted by molar-refractivity contribution is -0.385. The van der Waals surface area contributed by atoms with Crippen molar-refractivity contribution in [2.24, 2.45) is 5.73 Å². The Morgan fingerprint density at radius 2 is 1.89 bits per heavy atom. The van der Waals surface area contributed by atoms with Gasteiger partial charge in [-0.15, -0.1) is 11.3 Å². The molecule has 1 aromatic heterocycles. The number of anilines is 1. The van der Waals surface area contributed by atoms with E-state index >= 15 is 0 Å². The van der Waals surface area contributed by atoms with Gasteiger partial charge in [-0.3, -0.25) is 19.7 Å². The van der Waals surface area contributed by atoms with E-state index < -0.39 is 22.7 Å². The number of amides is 2. The van der Waals surface area contributed by atoms with E-state index in [4.69, 9.17) is 10.5 Å². The molecule has 0 saturated heterocycles. The summed E-state index contributed by atoms with van der Waals surface area (Å²) in [6.45, 7) is 6.43. The second kappa shape index (κ2) is 8.17. The minimum absolute atomic E-state index is 0.0210. The Balaban J connectivity index is 2.38. The fourth-order valence-electron chi connectivity index (χ4n) is 2.54. The third-order valence-electron chi connectivity index (χ3n) is 3.80. The molecule has 0 aliphatic rings. The predicted octanol–water partition coefficient (Wildman–Crippen LogP) is 3.19. The molecular weight excluding hydrogens is 386 g/mol. The Morgan fingerprint density at radius 1 is 1.25 bits per heavy atom. The summed E-state index contributed by atoms with van der Waals surface area (Å²) in [6, 6.07) is 3.90. The monoisotopic (exact) mass is 405 g/mol. The summed E-state index contributed by atoms with van der Waals surface area (Å²) >= 11 is 0.884. The summed E-state index contributed by atoms with van der Waals surface area (Å²) in [4.78, 5) is 47.1. The van der Waals surface area contributed by atoms with Crippen molar-refractivity contribution in [3.05, 3.63) is 55.4 Å². The highest BCUT2D eigenvalue weighted by Gasteiger charge is 2.26. The third-order valence-corrected chi connectivity index (χ3v) is 4.99. The zero-order valence-corrected chi connectivity index (χ0v) is 16.5. The average molecular weight is 405 g/mol. The molecule has 148 valence electrons. The molecule has 2 amide bonds. The fourth-order valence-corrected chi connectivity index (χ4v) is 3.63. The van der Waals surface area contributed by atoms with Gasteiger partial charge in [0.1, 0.15) is 9.88 Å². The van der Waals surface area contributed by atoms with E-state index in [0.717, 1.165) is 11.3 Å².